The molecule has 0 N–H and O–H groups in total. The fourth-order valence-corrected chi connectivity index (χ4v) is 9.28. The molecule has 0 aromatic heterocycles. The summed E-state index contributed by atoms with van der Waals surface area (Å²) < 4.78 is 16.9. The number of rotatable bonds is 58. The predicted octanol–water partition coefficient (Wildman–Crippen LogP) is 21.4. The van der Waals surface area contributed by atoms with Gasteiger partial charge in [0.1, 0.15) is 13.2 Å². The number of carbonyl (C=O) groups is 3. The van der Waals surface area contributed by atoms with Crippen molar-refractivity contribution in [1.29, 1.82) is 0 Å². The monoisotopic (exact) mass is 1010 g/mol. The van der Waals surface area contributed by atoms with Gasteiger partial charge in [0.25, 0.3) is 0 Å². The molecule has 420 valence electrons. The van der Waals surface area contributed by atoms with Crippen molar-refractivity contribution in [1.82, 2.24) is 0 Å². The maximum absolute atomic E-state index is 12.9. The molecule has 0 saturated heterocycles. The summed E-state index contributed by atoms with van der Waals surface area (Å²) in [5.74, 6) is -0.867. The van der Waals surface area contributed by atoms with Crippen molar-refractivity contribution < 1.29 is 28.6 Å². The van der Waals surface area contributed by atoms with E-state index in [1.165, 1.54) is 212 Å². The molecule has 0 rings (SSSR count). The van der Waals surface area contributed by atoms with Crippen LogP contribution in [0.4, 0.5) is 0 Å². The molecule has 0 heterocycles. The van der Waals surface area contributed by atoms with E-state index >= 15 is 0 Å². The number of esters is 3. The number of carbonyl (C=O) groups excluding carboxylic acids is 3. The highest BCUT2D eigenvalue weighted by atomic mass is 16.6. The first kappa shape index (κ1) is 69.4. The molecule has 0 aliphatic rings. The minimum absolute atomic E-state index is 0.0731. The molecular weight excluding hydrogens is 889 g/mol. The van der Waals surface area contributed by atoms with E-state index in [2.05, 4.69) is 69.4 Å². The van der Waals surface area contributed by atoms with Crippen molar-refractivity contribution in [3.63, 3.8) is 0 Å². The lowest BCUT2D eigenvalue weighted by Crippen LogP contribution is -2.30. The van der Waals surface area contributed by atoms with E-state index in [9.17, 15) is 14.4 Å². The molecule has 0 fully saturated rings. The van der Waals surface area contributed by atoms with Crippen LogP contribution in [0.15, 0.2) is 48.6 Å². The summed E-state index contributed by atoms with van der Waals surface area (Å²) in [6.07, 6.45) is 75.6. The molecule has 0 radical (unpaired) electrons. The van der Waals surface area contributed by atoms with Crippen LogP contribution in [0.1, 0.15) is 335 Å². The van der Waals surface area contributed by atoms with Gasteiger partial charge in [0.05, 0.1) is 0 Å². The van der Waals surface area contributed by atoms with Crippen LogP contribution in [0.3, 0.4) is 0 Å². The highest BCUT2D eigenvalue weighted by Gasteiger charge is 2.19. The quantitative estimate of drug-likeness (QED) is 0.0261. The van der Waals surface area contributed by atoms with E-state index < -0.39 is 6.10 Å². The molecule has 0 saturated carbocycles. The van der Waals surface area contributed by atoms with Crippen molar-refractivity contribution in [2.45, 2.75) is 341 Å². The Morgan fingerprint density at radius 2 is 0.528 bits per heavy atom. The second-order valence-corrected chi connectivity index (χ2v) is 21.3. The molecule has 0 aromatic rings. The van der Waals surface area contributed by atoms with Crippen molar-refractivity contribution in [3.05, 3.63) is 48.6 Å². The lowest BCUT2D eigenvalue weighted by Gasteiger charge is -2.18. The molecule has 0 aliphatic heterocycles. The summed E-state index contributed by atoms with van der Waals surface area (Å²) in [6.45, 7) is 6.60. The van der Waals surface area contributed by atoms with E-state index in [0.29, 0.717) is 19.3 Å². The molecule has 0 amide bonds. The Labute approximate surface area is 448 Å². The van der Waals surface area contributed by atoms with Crippen molar-refractivity contribution >= 4 is 17.9 Å². The van der Waals surface area contributed by atoms with Crippen LogP contribution in [0.25, 0.3) is 0 Å². The van der Waals surface area contributed by atoms with Crippen molar-refractivity contribution in [2.24, 2.45) is 0 Å². The molecule has 0 aromatic carbocycles. The predicted molar refractivity (Wildman–Crippen MR) is 312 cm³/mol. The average Bonchev–Trinajstić information content (AvgIpc) is 3.38. The highest BCUT2D eigenvalue weighted by Crippen LogP contribution is 2.17. The van der Waals surface area contributed by atoms with Gasteiger partial charge in [0, 0.05) is 19.3 Å². The Balaban J connectivity index is 4.18. The van der Waals surface area contributed by atoms with Gasteiger partial charge in [-0.15, -0.1) is 0 Å². The largest absolute Gasteiger partial charge is 0.462 e. The maximum Gasteiger partial charge on any atom is 0.306 e. The Bertz CT molecular complexity index is 1250. The summed E-state index contributed by atoms with van der Waals surface area (Å²) in [5, 5.41) is 0. The fourth-order valence-electron chi connectivity index (χ4n) is 9.28. The van der Waals surface area contributed by atoms with Crippen molar-refractivity contribution in [2.75, 3.05) is 13.2 Å². The first-order valence-corrected chi connectivity index (χ1v) is 31.6. The third-order valence-electron chi connectivity index (χ3n) is 14.0. The molecular formula is C66H120O6. The van der Waals surface area contributed by atoms with Crippen LogP contribution in [0.2, 0.25) is 0 Å². The fraction of sp³-hybridized carbons (Fsp3) is 0.833. The number of hydrogen-bond donors (Lipinski definition) is 0. The molecule has 0 aliphatic carbocycles. The molecule has 6 heteroatoms. The first-order chi connectivity index (χ1) is 35.5. The summed E-state index contributed by atoms with van der Waals surface area (Å²) in [4.78, 5) is 38.2. The standard InChI is InChI=1S/C66H120O6/c1-4-7-10-13-16-19-22-24-26-28-29-30-31-32-33-34-35-36-37-39-40-42-44-47-50-53-56-59-65(68)71-62-63(61-70-64(67)58-55-52-49-46-21-18-15-12-9-6-3)72-66(69)60-57-54-51-48-45-43-41-38-27-25-23-20-17-14-11-8-5-2/h12,15,22,24,28-29,31-32,63H,4-11,13-14,16-21,23,25-27,30,33-62H2,1-3H3/b15-12-,24-22-,29-28-,32-31-. The van der Waals surface area contributed by atoms with Crippen LogP contribution in [-0.4, -0.2) is 37.2 Å². The zero-order valence-corrected chi connectivity index (χ0v) is 48.2. The molecule has 1 unspecified atom stereocenters. The van der Waals surface area contributed by atoms with Crippen LogP contribution >= 0.6 is 0 Å². The third-order valence-corrected chi connectivity index (χ3v) is 14.0. The first-order valence-electron chi connectivity index (χ1n) is 31.6. The molecule has 6 nitrogen and oxygen atoms in total. The second kappa shape index (κ2) is 60.9. The molecule has 0 bridgehead atoms. The van der Waals surface area contributed by atoms with E-state index in [1.807, 2.05) is 0 Å². The third kappa shape index (κ3) is 58.3. The number of ether oxygens (including phenoxy) is 3. The molecule has 0 spiro atoms. The van der Waals surface area contributed by atoms with Crippen molar-refractivity contribution in [3.8, 4) is 0 Å². The summed E-state index contributed by atoms with van der Waals surface area (Å²) in [6, 6.07) is 0. The number of unbranched alkanes of at least 4 members (excludes halogenated alkanes) is 39. The average molecular weight is 1010 g/mol. The van der Waals surface area contributed by atoms with Gasteiger partial charge in [0.2, 0.25) is 0 Å². The summed E-state index contributed by atoms with van der Waals surface area (Å²) in [7, 11) is 0. The maximum atomic E-state index is 12.9. The van der Waals surface area contributed by atoms with E-state index in [0.717, 1.165) is 83.5 Å². The van der Waals surface area contributed by atoms with Crippen LogP contribution in [-0.2, 0) is 28.6 Å². The number of allylic oxidation sites excluding steroid dienone is 8. The Hall–Kier alpha value is -2.63. The lowest BCUT2D eigenvalue weighted by molar-refractivity contribution is -0.167. The van der Waals surface area contributed by atoms with Gasteiger partial charge >= 0.3 is 17.9 Å². The zero-order chi connectivity index (χ0) is 52.2. The zero-order valence-electron chi connectivity index (χ0n) is 48.2. The Morgan fingerprint density at radius 1 is 0.278 bits per heavy atom. The van der Waals surface area contributed by atoms with Gasteiger partial charge < -0.3 is 14.2 Å². The van der Waals surface area contributed by atoms with Crippen LogP contribution in [0, 0.1) is 0 Å². The van der Waals surface area contributed by atoms with E-state index in [-0.39, 0.29) is 31.1 Å². The van der Waals surface area contributed by atoms with Gasteiger partial charge in [-0.1, -0.05) is 288 Å². The van der Waals surface area contributed by atoms with Crippen LogP contribution < -0.4 is 0 Å². The van der Waals surface area contributed by atoms with E-state index in [1.54, 1.807) is 0 Å². The highest BCUT2D eigenvalue weighted by molar-refractivity contribution is 5.71. The second-order valence-electron chi connectivity index (χ2n) is 21.3. The topological polar surface area (TPSA) is 78.9 Å². The normalized spacial score (nSPS) is 12.3. The van der Waals surface area contributed by atoms with E-state index in [4.69, 9.17) is 14.2 Å². The van der Waals surface area contributed by atoms with Crippen LogP contribution in [0.5, 0.6) is 0 Å². The minimum atomic E-state index is -0.774. The van der Waals surface area contributed by atoms with Gasteiger partial charge in [-0.25, -0.2) is 0 Å². The van der Waals surface area contributed by atoms with Gasteiger partial charge in [-0.3, -0.25) is 14.4 Å². The summed E-state index contributed by atoms with van der Waals surface area (Å²) in [5.41, 5.74) is 0. The molecule has 1 atom stereocenters. The smallest absolute Gasteiger partial charge is 0.306 e. The summed E-state index contributed by atoms with van der Waals surface area (Å²) >= 11 is 0. The van der Waals surface area contributed by atoms with Gasteiger partial charge in [-0.2, -0.15) is 0 Å². The van der Waals surface area contributed by atoms with Gasteiger partial charge in [-0.05, 0) is 77.0 Å². The minimum Gasteiger partial charge on any atom is -0.462 e. The lowest BCUT2D eigenvalue weighted by atomic mass is 10.0. The Morgan fingerprint density at radius 3 is 0.847 bits per heavy atom. The van der Waals surface area contributed by atoms with Gasteiger partial charge in [0.15, 0.2) is 6.10 Å². The molecule has 72 heavy (non-hydrogen) atoms. The number of hydrogen-bond acceptors (Lipinski definition) is 6. The SMILES string of the molecule is CCC/C=C\CCCCCCCC(=O)OCC(COC(=O)CCCCCCCCCCCCCC/C=C\C/C=C\C/C=C\CCCCCCC)OC(=O)CCCCCCCCCCCCCCCCCCC. The Kier molecular flexibility index (Phi) is 58.7.